The van der Waals surface area contributed by atoms with Gasteiger partial charge in [0.25, 0.3) is 5.91 Å². The van der Waals surface area contributed by atoms with Crippen molar-refractivity contribution >= 4 is 23.5 Å². The molecule has 0 aliphatic carbocycles. The number of ether oxygens (including phenoxy) is 1. The molecule has 1 aliphatic rings. The van der Waals surface area contributed by atoms with Crippen LogP contribution in [0.3, 0.4) is 0 Å². The minimum atomic E-state index is -0.427. The van der Waals surface area contributed by atoms with Crippen LogP contribution in [0.1, 0.15) is 23.6 Å². The highest BCUT2D eigenvalue weighted by Crippen LogP contribution is 2.29. The lowest BCUT2D eigenvalue weighted by Gasteiger charge is -2.19. The molecule has 0 fully saturated rings. The van der Waals surface area contributed by atoms with E-state index in [-0.39, 0.29) is 23.0 Å². The van der Waals surface area contributed by atoms with Crippen LogP contribution in [0.2, 0.25) is 0 Å². The molecule has 0 aromatic heterocycles. The fourth-order valence-corrected chi connectivity index (χ4v) is 3.26. The smallest absolute Gasteiger partial charge is 0.282 e. The molecule has 0 radical (unpaired) electrons. The Kier molecular flexibility index (Phi) is 5.44. The zero-order valence-electron chi connectivity index (χ0n) is 16.8. The minimum absolute atomic E-state index is 0.248. The fraction of sp³-hybridized carbons (Fsp3) is 0.120. The summed E-state index contributed by atoms with van der Waals surface area (Å²) in [5, 5.41) is 0. The Balaban J connectivity index is 1.77. The molecule has 1 amide bonds. The second kappa shape index (κ2) is 8.33. The van der Waals surface area contributed by atoms with E-state index in [4.69, 9.17) is 4.74 Å². The Labute approximate surface area is 175 Å². The number of rotatable bonds is 5. The van der Waals surface area contributed by atoms with E-state index in [0.717, 1.165) is 16.9 Å². The molecule has 0 unspecified atom stereocenters. The number of aliphatic imine (C=N–C) groups is 1. The first-order chi connectivity index (χ1) is 14.6. The highest BCUT2D eigenvalue weighted by atomic mass is 19.1. The first-order valence-electron chi connectivity index (χ1n) is 9.76. The SMILES string of the molecule is CCOc1ccc(/C=C2/N=C(c3ccccc3F)N(c3ccc(C)cc3)C2=O)cc1. The quantitative estimate of drug-likeness (QED) is 0.541. The Bertz CT molecular complexity index is 1130. The monoisotopic (exact) mass is 400 g/mol. The summed E-state index contributed by atoms with van der Waals surface area (Å²) in [5.41, 5.74) is 3.05. The number of aryl methyl sites for hydroxylation is 1. The lowest BCUT2D eigenvalue weighted by molar-refractivity contribution is -0.113. The number of amidine groups is 1. The van der Waals surface area contributed by atoms with Crippen LogP contribution in [-0.2, 0) is 4.79 Å². The van der Waals surface area contributed by atoms with Crippen molar-refractivity contribution in [2.24, 2.45) is 4.99 Å². The molecule has 5 heteroatoms. The van der Waals surface area contributed by atoms with E-state index in [9.17, 15) is 9.18 Å². The number of hydrogen-bond acceptors (Lipinski definition) is 3. The second-order valence-corrected chi connectivity index (χ2v) is 6.92. The topological polar surface area (TPSA) is 41.9 Å². The van der Waals surface area contributed by atoms with E-state index >= 15 is 0 Å². The van der Waals surface area contributed by atoms with E-state index in [1.807, 2.05) is 62.4 Å². The number of amides is 1. The van der Waals surface area contributed by atoms with Crippen molar-refractivity contribution in [3.63, 3.8) is 0 Å². The number of carbonyl (C=O) groups excluding carboxylic acids is 1. The summed E-state index contributed by atoms with van der Waals surface area (Å²) < 4.78 is 20.0. The number of benzene rings is 3. The van der Waals surface area contributed by atoms with Gasteiger partial charge in [-0.25, -0.2) is 9.38 Å². The van der Waals surface area contributed by atoms with Crippen LogP contribution in [-0.4, -0.2) is 18.3 Å². The van der Waals surface area contributed by atoms with Crippen LogP contribution in [0.5, 0.6) is 5.75 Å². The molecule has 0 atom stereocenters. The van der Waals surface area contributed by atoms with Crippen molar-refractivity contribution in [1.82, 2.24) is 0 Å². The summed E-state index contributed by atoms with van der Waals surface area (Å²) in [7, 11) is 0. The van der Waals surface area contributed by atoms with Crippen molar-refractivity contribution in [2.75, 3.05) is 11.5 Å². The Hall–Kier alpha value is -3.73. The lowest BCUT2D eigenvalue weighted by atomic mass is 10.1. The highest BCUT2D eigenvalue weighted by molar-refractivity contribution is 6.33. The number of hydrogen-bond donors (Lipinski definition) is 0. The zero-order valence-corrected chi connectivity index (χ0v) is 16.8. The molecule has 30 heavy (non-hydrogen) atoms. The van der Waals surface area contributed by atoms with Gasteiger partial charge in [0, 0.05) is 0 Å². The van der Waals surface area contributed by atoms with Crippen LogP contribution in [0.25, 0.3) is 6.08 Å². The van der Waals surface area contributed by atoms with E-state index in [1.54, 1.807) is 24.3 Å². The third-order valence-electron chi connectivity index (χ3n) is 4.76. The fourth-order valence-electron chi connectivity index (χ4n) is 3.26. The molecule has 150 valence electrons. The normalized spacial score (nSPS) is 14.9. The van der Waals surface area contributed by atoms with Crippen molar-refractivity contribution < 1.29 is 13.9 Å². The average Bonchev–Trinajstić information content (AvgIpc) is 3.06. The summed E-state index contributed by atoms with van der Waals surface area (Å²) in [6, 6.07) is 21.2. The van der Waals surface area contributed by atoms with Gasteiger partial charge in [-0.05, 0) is 61.9 Å². The van der Waals surface area contributed by atoms with E-state index in [1.165, 1.54) is 11.0 Å². The molecular weight excluding hydrogens is 379 g/mol. The summed E-state index contributed by atoms with van der Waals surface area (Å²) in [5.74, 6) is 0.308. The summed E-state index contributed by atoms with van der Waals surface area (Å²) in [6.45, 7) is 4.48. The maximum absolute atomic E-state index is 14.5. The predicted molar refractivity (Wildman–Crippen MR) is 117 cm³/mol. The first-order valence-corrected chi connectivity index (χ1v) is 9.76. The minimum Gasteiger partial charge on any atom is -0.494 e. The number of halogens is 1. The van der Waals surface area contributed by atoms with E-state index in [2.05, 4.69) is 4.99 Å². The van der Waals surface area contributed by atoms with E-state index in [0.29, 0.717) is 12.3 Å². The summed E-state index contributed by atoms with van der Waals surface area (Å²) in [4.78, 5) is 19.2. The van der Waals surface area contributed by atoms with Gasteiger partial charge in [-0.3, -0.25) is 9.69 Å². The zero-order chi connectivity index (χ0) is 21.1. The van der Waals surface area contributed by atoms with Crippen molar-refractivity contribution in [3.05, 3.63) is 101 Å². The molecule has 0 bridgehead atoms. The molecule has 1 heterocycles. The maximum atomic E-state index is 14.5. The lowest BCUT2D eigenvalue weighted by Crippen LogP contribution is -2.33. The molecule has 0 spiro atoms. The molecule has 0 N–H and O–H groups in total. The third-order valence-corrected chi connectivity index (χ3v) is 4.76. The Morgan fingerprint density at radius 1 is 1.00 bits per heavy atom. The van der Waals surface area contributed by atoms with Gasteiger partial charge in [-0.2, -0.15) is 0 Å². The van der Waals surface area contributed by atoms with Gasteiger partial charge in [0.05, 0.1) is 17.9 Å². The van der Waals surface area contributed by atoms with Crippen LogP contribution in [0, 0.1) is 12.7 Å². The molecular formula is C25H21FN2O2. The van der Waals surface area contributed by atoms with Gasteiger partial charge in [0.15, 0.2) is 5.84 Å². The number of carbonyl (C=O) groups is 1. The van der Waals surface area contributed by atoms with Gasteiger partial charge in [0.1, 0.15) is 17.3 Å². The van der Waals surface area contributed by atoms with Gasteiger partial charge in [0.2, 0.25) is 0 Å². The van der Waals surface area contributed by atoms with Crippen LogP contribution >= 0.6 is 0 Å². The second-order valence-electron chi connectivity index (χ2n) is 6.92. The Morgan fingerprint density at radius 2 is 1.70 bits per heavy atom. The number of nitrogens with zero attached hydrogens (tertiary/aromatic N) is 2. The van der Waals surface area contributed by atoms with E-state index < -0.39 is 5.82 Å². The van der Waals surface area contributed by atoms with Crippen molar-refractivity contribution in [1.29, 1.82) is 0 Å². The van der Waals surface area contributed by atoms with Crippen molar-refractivity contribution in [2.45, 2.75) is 13.8 Å². The van der Waals surface area contributed by atoms with Gasteiger partial charge < -0.3 is 4.74 Å². The van der Waals surface area contributed by atoms with Gasteiger partial charge in [-0.15, -0.1) is 0 Å². The number of anilines is 1. The standard InChI is InChI=1S/C25H21FN2O2/c1-3-30-20-14-10-18(11-15-20)16-23-25(29)28(19-12-8-17(2)9-13-19)24(27-23)21-6-4-5-7-22(21)26/h4-16H,3H2,1-2H3/b23-16+. The van der Waals surface area contributed by atoms with Crippen LogP contribution in [0.4, 0.5) is 10.1 Å². The molecule has 4 rings (SSSR count). The van der Waals surface area contributed by atoms with Gasteiger partial charge >= 0.3 is 0 Å². The van der Waals surface area contributed by atoms with Crippen LogP contribution < -0.4 is 9.64 Å². The third kappa shape index (κ3) is 3.87. The molecule has 3 aromatic rings. The highest BCUT2D eigenvalue weighted by Gasteiger charge is 2.33. The molecule has 0 saturated heterocycles. The molecule has 0 saturated carbocycles. The predicted octanol–water partition coefficient (Wildman–Crippen LogP) is 5.37. The first kappa shape index (κ1) is 19.6. The largest absolute Gasteiger partial charge is 0.494 e. The maximum Gasteiger partial charge on any atom is 0.282 e. The summed E-state index contributed by atoms with van der Waals surface area (Å²) >= 11 is 0. The summed E-state index contributed by atoms with van der Waals surface area (Å²) in [6.07, 6.45) is 1.70. The molecule has 3 aromatic carbocycles. The Morgan fingerprint density at radius 3 is 2.37 bits per heavy atom. The van der Waals surface area contributed by atoms with Gasteiger partial charge in [-0.1, -0.05) is 42.0 Å². The molecule has 4 nitrogen and oxygen atoms in total. The average molecular weight is 400 g/mol. The van der Waals surface area contributed by atoms with Crippen molar-refractivity contribution in [3.8, 4) is 5.75 Å². The molecule has 1 aliphatic heterocycles. The van der Waals surface area contributed by atoms with Crippen LogP contribution in [0.15, 0.2) is 83.5 Å².